The van der Waals surface area contributed by atoms with Crippen molar-refractivity contribution in [2.45, 2.75) is 37.8 Å². The maximum atomic E-state index is 13.5. The van der Waals surface area contributed by atoms with Crippen LogP contribution < -0.4 is 5.73 Å². The Morgan fingerprint density at radius 2 is 2.15 bits per heavy atom. The first-order valence-corrected chi connectivity index (χ1v) is 7.14. The van der Waals surface area contributed by atoms with Crippen LogP contribution in [0.4, 0.5) is 10.1 Å². The van der Waals surface area contributed by atoms with Gasteiger partial charge in [0.25, 0.3) is 5.91 Å². The van der Waals surface area contributed by atoms with Gasteiger partial charge < -0.3 is 15.4 Å². The van der Waals surface area contributed by atoms with E-state index in [0.29, 0.717) is 18.7 Å². The maximum Gasteiger partial charge on any atom is 0.254 e. The van der Waals surface area contributed by atoms with Crippen LogP contribution in [0.5, 0.6) is 0 Å². The minimum absolute atomic E-state index is 0.0686. The van der Waals surface area contributed by atoms with Crippen LogP contribution in [-0.4, -0.2) is 36.1 Å². The lowest BCUT2D eigenvalue weighted by molar-refractivity contribution is -0.0752. The molecule has 2 fully saturated rings. The number of amides is 1. The largest absolute Gasteiger partial charge is 0.396 e. The number of ether oxygens (including phenoxy) is 1. The van der Waals surface area contributed by atoms with Crippen molar-refractivity contribution >= 4 is 11.6 Å². The molecule has 4 nitrogen and oxygen atoms in total. The first kappa shape index (κ1) is 13.4. The second kappa shape index (κ2) is 5.40. The van der Waals surface area contributed by atoms with Crippen LogP contribution in [-0.2, 0) is 4.74 Å². The highest BCUT2D eigenvalue weighted by Crippen LogP contribution is 2.29. The summed E-state index contributed by atoms with van der Waals surface area (Å²) in [6, 6.07) is 4.39. The van der Waals surface area contributed by atoms with E-state index < -0.39 is 5.82 Å². The molecule has 1 saturated carbocycles. The van der Waals surface area contributed by atoms with Crippen LogP contribution >= 0.6 is 0 Å². The van der Waals surface area contributed by atoms with E-state index in [2.05, 4.69) is 0 Å². The predicted molar refractivity (Wildman–Crippen MR) is 73.8 cm³/mol. The number of nitrogens with zero attached hydrogens (tertiary/aromatic N) is 1. The molecule has 0 spiro atoms. The van der Waals surface area contributed by atoms with E-state index in [1.54, 1.807) is 6.07 Å². The summed E-state index contributed by atoms with van der Waals surface area (Å²) in [6.45, 7) is 1.14. The van der Waals surface area contributed by atoms with Crippen LogP contribution in [0.15, 0.2) is 18.2 Å². The average molecular weight is 278 g/mol. The van der Waals surface area contributed by atoms with Gasteiger partial charge in [0.2, 0.25) is 0 Å². The first-order valence-electron chi connectivity index (χ1n) is 7.14. The fourth-order valence-electron chi connectivity index (χ4n) is 3.17. The van der Waals surface area contributed by atoms with Crippen molar-refractivity contribution in [2.75, 3.05) is 18.9 Å². The number of nitrogen functional groups attached to an aromatic ring is 1. The molecule has 2 N–H and O–H groups in total. The molecule has 0 aromatic heterocycles. The molecule has 2 unspecified atom stereocenters. The summed E-state index contributed by atoms with van der Waals surface area (Å²) in [5, 5.41) is 0. The second-order valence-electron chi connectivity index (χ2n) is 5.50. The van der Waals surface area contributed by atoms with Crippen molar-refractivity contribution in [1.29, 1.82) is 0 Å². The summed E-state index contributed by atoms with van der Waals surface area (Å²) in [5.74, 6) is -0.659. The molecule has 1 aliphatic heterocycles. The normalized spacial score (nSPS) is 26.1. The maximum absolute atomic E-state index is 13.5. The zero-order chi connectivity index (χ0) is 14.1. The van der Waals surface area contributed by atoms with Crippen LogP contribution in [0.2, 0.25) is 0 Å². The lowest BCUT2D eigenvalue weighted by atomic mass is 9.89. The van der Waals surface area contributed by atoms with E-state index >= 15 is 0 Å². The number of hydrogen-bond acceptors (Lipinski definition) is 3. The average Bonchev–Trinajstić information content (AvgIpc) is 2.49. The van der Waals surface area contributed by atoms with Crippen LogP contribution in [0.1, 0.15) is 36.0 Å². The number of morpholine rings is 1. The van der Waals surface area contributed by atoms with Gasteiger partial charge in [-0.1, -0.05) is 12.8 Å². The number of benzene rings is 1. The molecule has 20 heavy (non-hydrogen) atoms. The molecule has 2 atom stereocenters. The standard InChI is InChI=1S/C15H19FN2O2/c16-11-9-10(5-6-12(11)17)15(19)18-7-8-20-14-4-2-1-3-13(14)18/h5-6,9,13-14H,1-4,7-8,17H2. The van der Waals surface area contributed by atoms with Crippen molar-refractivity contribution in [1.82, 2.24) is 4.90 Å². The van der Waals surface area contributed by atoms with Gasteiger partial charge in [-0.2, -0.15) is 0 Å². The van der Waals surface area contributed by atoms with Gasteiger partial charge in [-0.3, -0.25) is 4.79 Å². The molecule has 1 aliphatic carbocycles. The van der Waals surface area contributed by atoms with Gasteiger partial charge in [-0.05, 0) is 31.0 Å². The first-order chi connectivity index (χ1) is 9.66. The molecular weight excluding hydrogens is 259 g/mol. The molecule has 3 rings (SSSR count). The van der Waals surface area contributed by atoms with E-state index in [4.69, 9.17) is 10.5 Å². The summed E-state index contributed by atoms with van der Waals surface area (Å²) >= 11 is 0. The van der Waals surface area contributed by atoms with Crippen molar-refractivity contribution in [2.24, 2.45) is 0 Å². The number of halogens is 1. The topological polar surface area (TPSA) is 55.6 Å². The summed E-state index contributed by atoms with van der Waals surface area (Å²) in [7, 11) is 0. The van der Waals surface area contributed by atoms with Gasteiger partial charge >= 0.3 is 0 Å². The van der Waals surface area contributed by atoms with Crippen LogP contribution in [0.25, 0.3) is 0 Å². The Hall–Kier alpha value is -1.62. The number of rotatable bonds is 1. The summed E-state index contributed by atoms with van der Waals surface area (Å²) in [4.78, 5) is 14.4. The molecule has 0 radical (unpaired) electrons. The minimum atomic E-state index is -0.538. The highest BCUT2D eigenvalue weighted by Gasteiger charge is 2.36. The SMILES string of the molecule is Nc1ccc(C(=O)N2CCOC3CCCCC32)cc1F. The molecule has 2 aliphatic rings. The van der Waals surface area contributed by atoms with Crippen molar-refractivity contribution in [3.8, 4) is 0 Å². The monoisotopic (exact) mass is 278 g/mol. The second-order valence-corrected chi connectivity index (χ2v) is 5.50. The third kappa shape index (κ3) is 2.38. The Morgan fingerprint density at radius 3 is 2.95 bits per heavy atom. The van der Waals surface area contributed by atoms with Gasteiger partial charge in [-0.15, -0.1) is 0 Å². The van der Waals surface area contributed by atoms with E-state index in [1.165, 1.54) is 12.1 Å². The summed E-state index contributed by atoms with van der Waals surface area (Å²) < 4.78 is 19.3. The molecule has 1 aromatic carbocycles. The highest BCUT2D eigenvalue weighted by atomic mass is 19.1. The number of hydrogen-bond donors (Lipinski definition) is 1. The molecule has 1 amide bonds. The van der Waals surface area contributed by atoms with E-state index in [-0.39, 0.29) is 23.7 Å². The van der Waals surface area contributed by atoms with Crippen LogP contribution in [0.3, 0.4) is 0 Å². The van der Waals surface area contributed by atoms with Crippen molar-refractivity contribution < 1.29 is 13.9 Å². The van der Waals surface area contributed by atoms with E-state index in [1.807, 2.05) is 4.90 Å². The Morgan fingerprint density at radius 1 is 1.35 bits per heavy atom. The lowest BCUT2D eigenvalue weighted by Gasteiger charge is -2.43. The smallest absolute Gasteiger partial charge is 0.254 e. The highest BCUT2D eigenvalue weighted by molar-refractivity contribution is 5.95. The van der Waals surface area contributed by atoms with Gasteiger partial charge in [0, 0.05) is 12.1 Å². The van der Waals surface area contributed by atoms with Gasteiger partial charge in [-0.25, -0.2) is 4.39 Å². The van der Waals surface area contributed by atoms with Gasteiger partial charge in [0.05, 0.1) is 24.4 Å². The van der Waals surface area contributed by atoms with E-state index in [9.17, 15) is 9.18 Å². The third-order valence-corrected chi connectivity index (χ3v) is 4.24. The van der Waals surface area contributed by atoms with Crippen LogP contribution in [0, 0.1) is 5.82 Å². The number of fused-ring (bicyclic) bond motifs is 1. The molecule has 5 heteroatoms. The zero-order valence-corrected chi connectivity index (χ0v) is 11.3. The number of carbonyl (C=O) groups excluding carboxylic acids is 1. The van der Waals surface area contributed by atoms with Crippen molar-refractivity contribution in [3.63, 3.8) is 0 Å². The lowest BCUT2D eigenvalue weighted by Crippen LogP contribution is -2.54. The molecule has 0 bridgehead atoms. The Balaban J connectivity index is 1.83. The Labute approximate surface area is 117 Å². The van der Waals surface area contributed by atoms with Gasteiger partial charge in [0.1, 0.15) is 5.82 Å². The predicted octanol–water partition coefficient (Wildman–Crippen LogP) is 2.19. The van der Waals surface area contributed by atoms with Gasteiger partial charge in [0.15, 0.2) is 0 Å². The summed E-state index contributed by atoms with van der Waals surface area (Å²) in [6.07, 6.45) is 4.38. The molecule has 1 heterocycles. The fraction of sp³-hybridized carbons (Fsp3) is 0.533. The summed E-state index contributed by atoms with van der Waals surface area (Å²) in [5.41, 5.74) is 5.89. The van der Waals surface area contributed by atoms with Crippen molar-refractivity contribution in [3.05, 3.63) is 29.6 Å². The minimum Gasteiger partial charge on any atom is -0.396 e. The zero-order valence-electron chi connectivity index (χ0n) is 11.3. The number of nitrogens with two attached hydrogens (primary N) is 1. The number of anilines is 1. The van der Waals surface area contributed by atoms with E-state index in [0.717, 1.165) is 25.7 Å². The Bertz CT molecular complexity index is 519. The fourth-order valence-corrected chi connectivity index (χ4v) is 3.17. The third-order valence-electron chi connectivity index (χ3n) is 4.24. The Kier molecular flexibility index (Phi) is 3.61. The number of carbonyl (C=O) groups is 1. The quantitative estimate of drug-likeness (QED) is 0.801. The molecular formula is C15H19FN2O2. The molecule has 1 aromatic rings. The molecule has 108 valence electrons. The molecule has 1 saturated heterocycles.